The third kappa shape index (κ3) is 7.62. The zero-order valence-corrected chi connectivity index (χ0v) is 21.3. The number of rotatable bonds is 8. The molecule has 9 heteroatoms. The van der Waals surface area contributed by atoms with E-state index >= 15 is 0 Å². The van der Waals surface area contributed by atoms with Gasteiger partial charge in [-0.1, -0.05) is 48.9 Å². The highest BCUT2D eigenvalue weighted by molar-refractivity contribution is 6.33. The molecule has 0 atom stereocenters. The summed E-state index contributed by atoms with van der Waals surface area (Å²) in [7, 11) is 0. The van der Waals surface area contributed by atoms with Crippen LogP contribution in [0.1, 0.15) is 32.8 Å². The molecule has 1 fully saturated rings. The minimum atomic E-state index is -0.308. The van der Waals surface area contributed by atoms with E-state index in [2.05, 4.69) is 15.5 Å². The second kappa shape index (κ2) is 12.4. The monoisotopic (exact) mass is 499 g/mol. The Labute approximate surface area is 212 Å². The zero-order chi connectivity index (χ0) is 25.4. The second-order valence-corrected chi connectivity index (χ2v) is 9.29. The zero-order valence-electron chi connectivity index (χ0n) is 20.6. The number of benzene rings is 2. The Kier molecular flexibility index (Phi) is 9.37. The van der Waals surface area contributed by atoms with E-state index in [0.29, 0.717) is 49.9 Å². The summed E-state index contributed by atoms with van der Waals surface area (Å²) in [4.78, 5) is 43.1. The lowest BCUT2D eigenvalue weighted by Crippen LogP contribution is -2.52. The normalized spacial score (nSPS) is 13.5. The fourth-order valence-corrected chi connectivity index (χ4v) is 4.10. The predicted molar refractivity (Wildman–Crippen MR) is 140 cm³/mol. The summed E-state index contributed by atoms with van der Waals surface area (Å²) in [6, 6.07) is 15.1. The van der Waals surface area contributed by atoms with Crippen LogP contribution >= 0.6 is 11.6 Å². The largest absolute Gasteiger partial charge is 0.368 e. The van der Waals surface area contributed by atoms with Crippen LogP contribution in [0.2, 0.25) is 5.02 Å². The molecule has 1 aliphatic rings. The average molecular weight is 500 g/mol. The molecule has 3 rings (SSSR count). The van der Waals surface area contributed by atoms with Crippen molar-refractivity contribution in [1.29, 1.82) is 0 Å². The van der Waals surface area contributed by atoms with Gasteiger partial charge in [0.15, 0.2) is 0 Å². The number of nitrogens with one attached hydrogen (secondary N) is 2. The van der Waals surface area contributed by atoms with Gasteiger partial charge in [-0.15, -0.1) is 0 Å². The molecular formula is C26H34ClN5O3. The maximum absolute atomic E-state index is 12.9. The van der Waals surface area contributed by atoms with Gasteiger partial charge >= 0.3 is 6.03 Å². The van der Waals surface area contributed by atoms with Gasteiger partial charge in [0.05, 0.1) is 10.7 Å². The number of anilines is 2. The van der Waals surface area contributed by atoms with E-state index in [9.17, 15) is 14.4 Å². The summed E-state index contributed by atoms with van der Waals surface area (Å²) in [5, 5.41) is 6.22. The van der Waals surface area contributed by atoms with Gasteiger partial charge in [0.25, 0.3) is 0 Å². The van der Waals surface area contributed by atoms with Crippen molar-refractivity contribution in [3.05, 3.63) is 59.1 Å². The van der Waals surface area contributed by atoms with E-state index in [1.807, 2.05) is 56.3 Å². The molecule has 1 heterocycles. The van der Waals surface area contributed by atoms with Crippen molar-refractivity contribution in [2.45, 2.75) is 39.8 Å². The van der Waals surface area contributed by atoms with Crippen LogP contribution in [0, 0.1) is 0 Å². The SMILES string of the molecule is CCC(=O)N(CC(=O)Nc1cc(N2CCN(C(=O)NC(C)C)CC2)ccc1Cl)Cc1ccccc1. The van der Waals surface area contributed by atoms with E-state index in [1.54, 1.807) is 22.8 Å². The molecule has 2 aromatic carbocycles. The first kappa shape index (κ1) is 26.3. The molecule has 2 aromatic rings. The van der Waals surface area contributed by atoms with Gasteiger partial charge in [0, 0.05) is 50.9 Å². The summed E-state index contributed by atoms with van der Waals surface area (Å²) in [5.41, 5.74) is 2.38. The van der Waals surface area contributed by atoms with Gasteiger partial charge in [0.1, 0.15) is 6.54 Å². The average Bonchev–Trinajstić information content (AvgIpc) is 2.85. The standard InChI is InChI=1S/C26H34ClN5O3/c1-4-25(34)32(17-20-8-6-5-7-9-20)18-24(33)29-23-16-21(10-11-22(23)27)30-12-14-31(15-13-30)26(35)28-19(2)3/h5-11,16,19H,4,12-15,17-18H2,1-3H3,(H,28,35)(H,29,33). The molecule has 0 bridgehead atoms. The van der Waals surface area contributed by atoms with Crippen molar-refractivity contribution in [2.24, 2.45) is 0 Å². The highest BCUT2D eigenvalue weighted by Gasteiger charge is 2.23. The maximum Gasteiger partial charge on any atom is 0.317 e. The molecule has 4 amide bonds. The molecule has 35 heavy (non-hydrogen) atoms. The third-order valence-electron chi connectivity index (χ3n) is 5.77. The Morgan fingerprint density at radius 2 is 1.71 bits per heavy atom. The van der Waals surface area contributed by atoms with Crippen molar-refractivity contribution in [3.8, 4) is 0 Å². The number of carbonyl (C=O) groups is 3. The second-order valence-electron chi connectivity index (χ2n) is 8.88. The van der Waals surface area contributed by atoms with Gasteiger partial charge in [-0.3, -0.25) is 9.59 Å². The lowest BCUT2D eigenvalue weighted by atomic mass is 10.2. The number of nitrogens with zero attached hydrogens (tertiary/aromatic N) is 3. The molecule has 188 valence electrons. The van der Waals surface area contributed by atoms with E-state index in [4.69, 9.17) is 11.6 Å². The van der Waals surface area contributed by atoms with E-state index in [1.165, 1.54) is 0 Å². The number of urea groups is 1. The minimum absolute atomic E-state index is 0.0506. The smallest absolute Gasteiger partial charge is 0.317 e. The van der Waals surface area contributed by atoms with Crippen molar-refractivity contribution in [3.63, 3.8) is 0 Å². The fraction of sp³-hybridized carbons (Fsp3) is 0.423. The Morgan fingerprint density at radius 3 is 2.34 bits per heavy atom. The van der Waals surface area contributed by atoms with Gasteiger partial charge in [-0.05, 0) is 37.6 Å². The van der Waals surface area contributed by atoms with Crippen LogP contribution in [-0.4, -0.2) is 66.4 Å². The molecule has 0 radical (unpaired) electrons. The summed E-state index contributed by atoms with van der Waals surface area (Å²) in [6.45, 7) is 8.53. The number of hydrogen-bond acceptors (Lipinski definition) is 4. The Balaban J connectivity index is 1.62. The number of amides is 4. The van der Waals surface area contributed by atoms with Gasteiger partial charge < -0.3 is 25.3 Å². The lowest BCUT2D eigenvalue weighted by molar-refractivity contribution is -0.135. The van der Waals surface area contributed by atoms with Crippen molar-refractivity contribution < 1.29 is 14.4 Å². The number of hydrogen-bond donors (Lipinski definition) is 2. The van der Waals surface area contributed by atoms with E-state index < -0.39 is 0 Å². The van der Waals surface area contributed by atoms with Crippen molar-refractivity contribution in [1.82, 2.24) is 15.1 Å². The van der Waals surface area contributed by atoms with E-state index in [-0.39, 0.29) is 30.4 Å². The van der Waals surface area contributed by atoms with E-state index in [0.717, 1.165) is 11.3 Å². The molecule has 0 aliphatic carbocycles. The summed E-state index contributed by atoms with van der Waals surface area (Å²) < 4.78 is 0. The molecule has 0 aromatic heterocycles. The molecule has 8 nitrogen and oxygen atoms in total. The van der Waals surface area contributed by atoms with Gasteiger partial charge in [0.2, 0.25) is 11.8 Å². The number of halogens is 1. The molecule has 0 saturated carbocycles. The van der Waals surface area contributed by atoms with Crippen LogP contribution in [0.25, 0.3) is 0 Å². The first-order chi connectivity index (χ1) is 16.8. The Morgan fingerprint density at radius 1 is 1.03 bits per heavy atom. The van der Waals surface area contributed by atoms with Crippen LogP contribution in [0.4, 0.5) is 16.2 Å². The highest BCUT2D eigenvalue weighted by Crippen LogP contribution is 2.28. The maximum atomic E-state index is 12.9. The Hall–Kier alpha value is -3.26. The molecular weight excluding hydrogens is 466 g/mol. The molecule has 2 N–H and O–H groups in total. The molecule has 1 saturated heterocycles. The third-order valence-corrected chi connectivity index (χ3v) is 6.10. The predicted octanol–water partition coefficient (Wildman–Crippen LogP) is 3.96. The summed E-state index contributed by atoms with van der Waals surface area (Å²) in [5.74, 6) is -0.403. The van der Waals surface area contributed by atoms with Gasteiger partial charge in [-0.25, -0.2) is 4.79 Å². The summed E-state index contributed by atoms with van der Waals surface area (Å²) >= 11 is 6.37. The minimum Gasteiger partial charge on any atom is -0.368 e. The van der Waals surface area contributed by atoms with Crippen LogP contribution in [0.15, 0.2) is 48.5 Å². The number of carbonyl (C=O) groups excluding carboxylic acids is 3. The highest BCUT2D eigenvalue weighted by atomic mass is 35.5. The Bertz CT molecular complexity index is 1020. The first-order valence-electron chi connectivity index (χ1n) is 12.0. The van der Waals surface area contributed by atoms with Crippen LogP contribution in [0.3, 0.4) is 0 Å². The van der Waals surface area contributed by atoms with Crippen LogP contribution in [0.5, 0.6) is 0 Å². The quantitative estimate of drug-likeness (QED) is 0.575. The van der Waals surface area contributed by atoms with Crippen molar-refractivity contribution >= 4 is 40.8 Å². The first-order valence-corrected chi connectivity index (χ1v) is 12.4. The molecule has 0 spiro atoms. The molecule has 0 unspecified atom stereocenters. The van der Waals surface area contributed by atoms with Gasteiger partial charge in [-0.2, -0.15) is 0 Å². The fourth-order valence-electron chi connectivity index (χ4n) is 3.93. The van der Waals surface area contributed by atoms with Crippen molar-refractivity contribution in [2.75, 3.05) is 42.9 Å². The lowest BCUT2D eigenvalue weighted by Gasteiger charge is -2.36. The summed E-state index contributed by atoms with van der Waals surface area (Å²) in [6.07, 6.45) is 0.317. The molecule has 1 aliphatic heterocycles. The number of piperazine rings is 1. The van der Waals surface area contributed by atoms with Crippen LogP contribution in [-0.2, 0) is 16.1 Å². The van der Waals surface area contributed by atoms with Crippen LogP contribution < -0.4 is 15.5 Å². The topological polar surface area (TPSA) is 85.0 Å².